The highest BCUT2D eigenvalue weighted by atomic mass is 32.2. The van der Waals surface area contributed by atoms with E-state index in [2.05, 4.69) is 98.5 Å². The minimum Gasteiger partial charge on any atom is -0.274 e. The largest absolute Gasteiger partial charge is 0.274 e. The van der Waals surface area contributed by atoms with E-state index >= 15 is 0 Å². The predicted molar refractivity (Wildman–Crippen MR) is 135 cm³/mol. The van der Waals surface area contributed by atoms with Gasteiger partial charge in [0.1, 0.15) is 0 Å². The molecule has 2 rings (SSSR count). The van der Waals surface area contributed by atoms with E-state index in [1.54, 1.807) is 0 Å². The van der Waals surface area contributed by atoms with Crippen molar-refractivity contribution >= 4 is 11.9 Å². The van der Waals surface area contributed by atoms with Crippen molar-refractivity contribution in [3.05, 3.63) is 78.4 Å². The summed E-state index contributed by atoms with van der Waals surface area (Å²) in [5.41, 5.74) is 6.49. The van der Waals surface area contributed by atoms with Crippen molar-refractivity contribution < 1.29 is 0 Å². The van der Waals surface area contributed by atoms with Gasteiger partial charge in [0, 0.05) is 18.0 Å². The number of aryl methyl sites for hydroxylation is 1. The van der Waals surface area contributed by atoms with E-state index in [0.717, 1.165) is 45.2 Å². The number of allylic oxidation sites excluding steroid dienone is 1. The molecule has 30 heavy (non-hydrogen) atoms. The zero-order valence-electron chi connectivity index (χ0n) is 19.0. The Morgan fingerprint density at radius 3 is 1.90 bits per heavy atom. The molecule has 0 aliphatic carbocycles. The van der Waals surface area contributed by atoms with Crippen molar-refractivity contribution in [3.63, 3.8) is 0 Å². The first kappa shape index (κ1) is 26.2. The van der Waals surface area contributed by atoms with E-state index in [-0.39, 0.29) is 0 Å². The summed E-state index contributed by atoms with van der Waals surface area (Å²) < 4.78 is 2.42. The molecule has 164 valence electrons. The first-order valence-corrected chi connectivity index (χ1v) is 11.6. The maximum atomic E-state index is 4.29. The first-order valence-electron chi connectivity index (χ1n) is 10.8. The lowest BCUT2D eigenvalue weighted by atomic mass is 10.0. The van der Waals surface area contributed by atoms with E-state index in [4.69, 9.17) is 0 Å². The third-order valence-corrected chi connectivity index (χ3v) is 5.81. The Morgan fingerprint density at radius 1 is 0.833 bits per heavy atom. The summed E-state index contributed by atoms with van der Waals surface area (Å²) >= 11 is 1.83. The molecule has 0 aliphatic rings. The highest BCUT2D eigenvalue weighted by Gasteiger charge is 2.09. The standard InChI is InChI=1S/C26H35NS.H4N2/c1-6-9-21(4)19-22(5)20-27(18-7-2)28-26-16-14-25(15-17-26)24-12-10-23(8-3)11-13-24;1-2/h10-17H,4-9,18-20H2,1-3H3;1-2H2. The summed E-state index contributed by atoms with van der Waals surface area (Å²) in [5.74, 6) is 8.00. The van der Waals surface area contributed by atoms with Crippen LogP contribution in [0.3, 0.4) is 0 Å². The number of hydrogen-bond donors (Lipinski definition) is 2. The quantitative estimate of drug-likeness (QED) is 0.171. The van der Waals surface area contributed by atoms with Gasteiger partial charge in [-0.2, -0.15) is 0 Å². The van der Waals surface area contributed by atoms with Crippen molar-refractivity contribution in [2.24, 2.45) is 11.7 Å². The molecule has 0 fully saturated rings. The number of nitrogens with zero attached hydrogens (tertiary/aromatic N) is 1. The average Bonchev–Trinajstić information content (AvgIpc) is 2.76. The van der Waals surface area contributed by atoms with Crippen molar-refractivity contribution in [2.45, 2.75) is 57.8 Å². The summed E-state index contributed by atoms with van der Waals surface area (Å²) in [5, 5.41) is 0. The highest BCUT2D eigenvalue weighted by molar-refractivity contribution is 7.97. The second-order valence-corrected chi connectivity index (χ2v) is 8.63. The van der Waals surface area contributed by atoms with Gasteiger partial charge < -0.3 is 0 Å². The van der Waals surface area contributed by atoms with Gasteiger partial charge in [-0.15, -0.1) is 0 Å². The molecule has 3 nitrogen and oxygen atoms in total. The fraction of sp³-hybridized carbons (Fsp3) is 0.385. The molecular weight excluding hydrogens is 386 g/mol. The second-order valence-electron chi connectivity index (χ2n) is 7.46. The number of nitrogens with two attached hydrogens (primary N) is 2. The lowest BCUT2D eigenvalue weighted by molar-refractivity contribution is 0.500. The molecule has 0 unspecified atom stereocenters. The van der Waals surface area contributed by atoms with Crippen LogP contribution < -0.4 is 11.7 Å². The molecule has 0 atom stereocenters. The zero-order valence-corrected chi connectivity index (χ0v) is 19.8. The number of benzene rings is 2. The predicted octanol–water partition coefficient (Wildman–Crippen LogP) is 6.76. The van der Waals surface area contributed by atoms with E-state index < -0.39 is 0 Å². The maximum Gasteiger partial charge on any atom is 0.0303 e. The molecule has 2 aromatic rings. The summed E-state index contributed by atoms with van der Waals surface area (Å²) in [4.78, 5) is 1.28. The second kappa shape index (κ2) is 15.0. The SMILES string of the molecule is C=C(CCC)CC(=C)CN(CCC)Sc1ccc(-c2ccc(CC)cc2)cc1.NN. The van der Waals surface area contributed by atoms with Crippen LogP contribution in [0.15, 0.2) is 77.7 Å². The van der Waals surface area contributed by atoms with Crippen LogP contribution >= 0.6 is 11.9 Å². The monoisotopic (exact) mass is 425 g/mol. The van der Waals surface area contributed by atoms with Crippen LogP contribution in [0.5, 0.6) is 0 Å². The van der Waals surface area contributed by atoms with Gasteiger partial charge in [0.05, 0.1) is 0 Å². The van der Waals surface area contributed by atoms with Crippen molar-refractivity contribution in [3.8, 4) is 11.1 Å². The molecule has 0 spiro atoms. The molecule has 0 bridgehead atoms. The van der Waals surface area contributed by atoms with Gasteiger partial charge in [-0.3, -0.25) is 11.7 Å². The molecule has 0 amide bonds. The van der Waals surface area contributed by atoms with Crippen molar-refractivity contribution in [1.82, 2.24) is 4.31 Å². The van der Waals surface area contributed by atoms with Gasteiger partial charge in [-0.05, 0) is 66.5 Å². The molecule has 2 aromatic carbocycles. The van der Waals surface area contributed by atoms with Crippen molar-refractivity contribution in [2.75, 3.05) is 13.1 Å². The molecule has 0 aromatic heterocycles. The molecule has 0 saturated heterocycles. The Balaban J connectivity index is 0.00000218. The van der Waals surface area contributed by atoms with E-state index in [9.17, 15) is 0 Å². The Morgan fingerprint density at radius 2 is 1.40 bits per heavy atom. The fourth-order valence-corrected chi connectivity index (χ4v) is 4.37. The smallest absolute Gasteiger partial charge is 0.0303 e. The van der Waals surface area contributed by atoms with Crippen LogP contribution in [0.2, 0.25) is 0 Å². The Labute approximate surface area is 188 Å². The molecule has 4 N–H and O–H groups in total. The topological polar surface area (TPSA) is 55.3 Å². The summed E-state index contributed by atoms with van der Waals surface area (Å²) in [6, 6.07) is 17.8. The van der Waals surface area contributed by atoms with Crippen LogP contribution in [0.25, 0.3) is 11.1 Å². The van der Waals surface area contributed by atoms with Crippen LogP contribution in [0.1, 0.15) is 52.0 Å². The molecule has 0 heterocycles. The van der Waals surface area contributed by atoms with Gasteiger partial charge in [-0.25, -0.2) is 4.31 Å². The Bertz CT molecular complexity index is 751. The normalized spacial score (nSPS) is 10.5. The molecule has 0 saturated carbocycles. The Hall–Kier alpha value is -1.85. The van der Waals surface area contributed by atoms with E-state index in [1.165, 1.54) is 32.7 Å². The molecule has 0 radical (unpaired) electrons. The van der Waals surface area contributed by atoms with E-state index in [1.807, 2.05) is 11.9 Å². The minimum atomic E-state index is 0.918. The number of rotatable bonds is 12. The third kappa shape index (κ3) is 9.31. The van der Waals surface area contributed by atoms with Gasteiger partial charge >= 0.3 is 0 Å². The van der Waals surface area contributed by atoms with Gasteiger partial charge in [0.2, 0.25) is 0 Å². The molecular formula is C26H39N3S. The number of hydrazine groups is 1. The van der Waals surface area contributed by atoms with Gasteiger partial charge in [-0.1, -0.05) is 87.9 Å². The average molecular weight is 426 g/mol. The molecule has 4 heteroatoms. The lowest BCUT2D eigenvalue weighted by Crippen LogP contribution is -2.19. The lowest BCUT2D eigenvalue weighted by Gasteiger charge is -2.22. The third-order valence-electron chi connectivity index (χ3n) is 4.76. The summed E-state index contributed by atoms with van der Waals surface area (Å²) in [6.07, 6.45) is 5.42. The first-order chi connectivity index (χ1) is 14.5. The van der Waals surface area contributed by atoms with Crippen LogP contribution in [0.4, 0.5) is 0 Å². The zero-order chi connectivity index (χ0) is 22.4. The van der Waals surface area contributed by atoms with Gasteiger partial charge in [0.15, 0.2) is 0 Å². The maximum absolute atomic E-state index is 4.29. The number of hydrogen-bond acceptors (Lipinski definition) is 4. The Kier molecular flexibility index (Phi) is 13.1. The molecule has 0 aliphatic heterocycles. The summed E-state index contributed by atoms with van der Waals surface area (Å²) in [6.45, 7) is 17.1. The van der Waals surface area contributed by atoms with Crippen LogP contribution in [-0.4, -0.2) is 17.4 Å². The highest BCUT2D eigenvalue weighted by Crippen LogP contribution is 2.28. The van der Waals surface area contributed by atoms with Crippen molar-refractivity contribution in [1.29, 1.82) is 0 Å². The van der Waals surface area contributed by atoms with Gasteiger partial charge in [0.25, 0.3) is 0 Å². The van der Waals surface area contributed by atoms with E-state index in [0.29, 0.717) is 0 Å². The summed E-state index contributed by atoms with van der Waals surface area (Å²) in [7, 11) is 0. The minimum absolute atomic E-state index is 0.918. The van der Waals surface area contributed by atoms with Crippen LogP contribution in [-0.2, 0) is 6.42 Å². The van der Waals surface area contributed by atoms with Crippen LogP contribution in [0, 0.1) is 0 Å². The fourth-order valence-electron chi connectivity index (χ4n) is 3.30.